The van der Waals surface area contributed by atoms with Crippen molar-refractivity contribution in [1.82, 2.24) is 19.9 Å². The molecule has 2 heterocycles. The second-order valence-corrected chi connectivity index (χ2v) is 3.97. The monoisotopic (exact) mass is 261 g/mol. The van der Waals surface area contributed by atoms with Crippen LogP contribution in [0.2, 0.25) is 0 Å². The molecule has 0 aliphatic carbocycles. The number of ether oxygens (including phenoxy) is 1. The van der Waals surface area contributed by atoms with E-state index in [1.54, 1.807) is 23.2 Å². The summed E-state index contributed by atoms with van der Waals surface area (Å²) in [5.41, 5.74) is 3.13. The molecule has 0 bridgehead atoms. The predicted octanol–water partition coefficient (Wildman–Crippen LogP) is 0.719. The van der Waals surface area contributed by atoms with Crippen LogP contribution in [-0.4, -0.2) is 34.0 Å². The van der Waals surface area contributed by atoms with Gasteiger partial charge in [-0.2, -0.15) is 15.0 Å². The molecule has 3 N–H and O–H groups in total. The van der Waals surface area contributed by atoms with Gasteiger partial charge in [-0.1, -0.05) is 0 Å². The summed E-state index contributed by atoms with van der Waals surface area (Å²) in [6, 6.07) is 3.72. The van der Waals surface area contributed by atoms with Crippen LogP contribution >= 0.6 is 0 Å². The van der Waals surface area contributed by atoms with Crippen LogP contribution in [0.3, 0.4) is 0 Å². The standard InChI is InChI=1S/C11H15N7O/c1-7-8(5-4-6-13-7)19-11-15-9(17-12)14-10(16-11)18(2)3/h4-6H,12H2,1-3H3,(H,14,15,16,17). The van der Waals surface area contributed by atoms with E-state index in [-0.39, 0.29) is 12.0 Å². The summed E-state index contributed by atoms with van der Waals surface area (Å²) in [6.07, 6.45) is 1.69. The molecule has 0 aromatic carbocycles. The third-order valence-electron chi connectivity index (χ3n) is 2.29. The molecule has 2 rings (SSSR count). The minimum atomic E-state index is 0.155. The van der Waals surface area contributed by atoms with Gasteiger partial charge in [0.1, 0.15) is 0 Å². The number of nitrogen functional groups attached to an aromatic ring is 1. The van der Waals surface area contributed by atoms with Crippen LogP contribution in [-0.2, 0) is 0 Å². The molecule has 2 aromatic rings. The van der Waals surface area contributed by atoms with E-state index in [9.17, 15) is 0 Å². The van der Waals surface area contributed by atoms with Gasteiger partial charge >= 0.3 is 6.01 Å². The third-order valence-corrected chi connectivity index (χ3v) is 2.29. The maximum Gasteiger partial charge on any atom is 0.328 e. The number of hydrogen-bond acceptors (Lipinski definition) is 8. The molecule has 0 atom stereocenters. The van der Waals surface area contributed by atoms with E-state index < -0.39 is 0 Å². The lowest BCUT2D eigenvalue weighted by molar-refractivity contribution is 0.435. The number of pyridine rings is 1. The SMILES string of the molecule is Cc1ncccc1Oc1nc(NN)nc(N(C)C)n1. The van der Waals surface area contributed by atoms with E-state index in [2.05, 4.69) is 25.4 Å². The normalized spacial score (nSPS) is 10.1. The molecule has 100 valence electrons. The van der Waals surface area contributed by atoms with Crippen LogP contribution in [0.5, 0.6) is 11.8 Å². The van der Waals surface area contributed by atoms with Gasteiger partial charge < -0.3 is 9.64 Å². The summed E-state index contributed by atoms with van der Waals surface area (Å²) in [5.74, 6) is 6.58. The Morgan fingerprint density at radius 3 is 2.68 bits per heavy atom. The van der Waals surface area contributed by atoms with Crippen molar-refractivity contribution in [1.29, 1.82) is 0 Å². The van der Waals surface area contributed by atoms with Gasteiger partial charge in [0.2, 0.25) is 11.9 Å². The highest BCUT2D eigenvalue weighted by Crippen LogP contribution is 2.22. The number of nitrogens with two attached hydrogens (primary N) is 1. The summed E-state index contributed by atoms with van der Waals surface area (Å²) < 4.78 is 5.60. The van der Waals surface area contributed by atoms with E-state index in [1.165, 1.54) is 0 Å². The first-order chi connectivity index (χ1) is 9.10. The van der Waals surface area contributed by atoms with Gasteiger partial charge in [0.25, 0.3) is 0 Å². The van der Waals surface area contributed by atoms with E-state index in [4.69, 9.17) is 10.6 Å². The van der Waals surface area contributed by atoms with Crippen molar-refractivity contribution in [2.45, 2.75) is 6.92 Å². The number of nitrogens with one attached hydrogen (secondary N) is 1. The zero-order valence-electron chi connectivity index (χ0n) is 11.0. The van der Waals surface area contributed by atoms with E-state index in [0.717, 1.165) is 5.69 Å². The summed E-state index contributed by atoms with van der Waals surface area (Å²) >= 11 is 0. The Balaban J connectivity index is 2.34. The third kappa shape index (κ3) is 3.05. The zero-order chi connectivity index (χ0) is 13.8. The van der Waals surface area contributed by atoms with Crippen molar-refractivity contribution < 1.29 is 4.74 Å². The van der Waals surface area contributed by atoms with Crippen molar-refractivity contribution in [2.24, 2.45) is 5.84 Å². The lowest BCUT2D eigenvalue weighted by Gasteiger charge is -2.12. The molecule has 0 aliphatic heterocycles. The van der Waals surface area contributed by atoms with Crippen LogP contribution in [0.15, 0.2) is 18.3 Å². The van der Waals surface area contributed by atoms with Crippen molar-refractivity contribution in [2.75, 3.05) is 24.4 Å². The first-order valence-electron chi connectivity index (χ1n) is 5.59. The minimum Gasteiger partial charge on any atom is -0.422 e. The number of rotatable bonds is 4. The Hall–Kier alpha value is -2.48. The molecule has 0 fully saturated rings. The van der Waals surface area contributed by atoms with Crippen molar-refractivity contribution in [3.05, 3.63) is 24.0 Å². The predicted molar refractivity (Wildman–Crippen MR) is 71.0 cm³/mol. The maximum absolute atomic E-state index is 5.60. The van der Waals surface area contributed by atoms with Gasteiger partial charge in [-0.25, -0.2) is 5.84 Å². The van der Waals surface area contributed by atoms with Crippen LogP contribution in [0, 0.1) is 6.92 Å². The number of nitrogens with zero attached hydrogens (tertiary/aromatic N) is 5. The number of aryl methyl sites for hydroxylation is 1. The quantitative estimate of drug-likeness (QED) is 0.613. The molecular formula is C11H15N7O. The first kappa shape index (κ1) is 13.0. The highest BCUT2D eigenvalue weighted by atomic mass is 16.5. The summed E-state index contributed by atoms with van der Waals surface area (Å²) in [7, 11) is 3.63. The average molecular weight is 261 g/mol. The Kier molecular flexibility index (Phi) is 3.71. The second-order valence-electron chi connectivity index (χ2n) is 3.97. The Labute approximate surface area is 110 Å². The van der Waals surface area contributed by atoms with Crippen LogP contribution in [0.25, 0.3) is 0 Å². The molecule has 0 unspecified atom stereocenters. The van der Waals surface area contributed by atoms with Crippen molar-refractivity contribution in [3.8, 4) is 11.8 Å². The van der Waals surface area contributed by atoms with Gasteiger partial charge in [0.15, 0.2) is 5.75 Å². The molecule has 8 heteroatoms. The molecule has 0 spiro atoms. The zero-order valence-corrected chi connectivity index (χ0v) is 11.0. The molecule has 0 aliphatic rings. The van der Waals surface area contributed by atoms with E-state index >= 15 is 0 Å². The van der Waals surface area contributed by atoms with Crippen molar-refractivity contribution in [3.63, 3.8) is 0 Å². The van der Waals surface area contributed by atoms with Crippen molar-refractivity contribution >= 4 is 11.9 Å². The van der Waals surface area contributed by atoms with Crippen LogP contribution in [0.4, 0.5) is 11.9 Å². The minimum absolute atomic E-state index is 0.155. The summed E-state index contributed by atoms with van der Waals surface area (Å²) in [5, 5.41) is 0. The average Bonchev–Trinajstić information content (AvgIpc) is 2.41. The van der Waals surface area contributed by atoms with Gasteiger partial charge in [0.05, 0.1) is 5.69 Å². The second kappa shape index (κ2) is 5.44. The van der Waals surface area contributed by atoms with Crippen LogP contribution < -0.4 is 20.9 Å². The molecule has 8 nitrogen and oxygen atoms in total. The number of hydrogen-bond donors (Lipinski definition) is 2. The molecule has 0 amide bonds. The molecule has 19 heavy (non-hydrogen) atoms. The smallest absolute Gasteiger partial charge is 0.328 e. The molecule has 0 saturated heterocycles. The number of hydrazine groups is 1. The lowest BCUT2D eigenvalue weighted by Crippen LogP contribution is -2.17. The molecular weight excluding hydrogens is 246 g/mol. The van der Waals surface area contributed by atoms with Gasteiger partial charge in [0, 0.05) is 20.3 Å². The Morgan fingerprint density at radius 2 is 2.05 bits per heavy atom. The van der Waals surface area contributed by atoms with E-state index in [0.29, 0.717) is 11.7 Å². The van der Waals surface area contributed by atoms with Gasteiger partial charge in [-0.05, 0) is 19.1 Å². The molecule has 0 saturated carbocycles. The highest BCUT2D eigenvalue weighted by Gasteiger charge is 2.10. The summed E-state index contributed by atoms with van der Waals surface area (Å²) in [6.45, 7) is 1.84. The van der Waals surface area contributed by atoms with Gasteiger partial charge in [-0.3, -0.25) is 10.4 Å². The fourth-order valence-electron chi connectivity index (χ4n) is 1.33. The Morgan fingerprint density at radius 1 is 1.26 bits per heavy atom. The molecule has 0 radical (unpaired) electrons. The lowest BCUT2D eigenvalue weighted by atomic mass is 10.3. The molecule has 2 aromatic heterocycles. The van der Waals surface area contributed by atoms with Gasteiger partial charge in [-0.15, -0.1) is 0 Å². The van der Waals surface area contributed by atoms with E-state index in [1.807, 2.05) is 21.0 Å². The topological polar surface area (TPSA) is 102 Å². The first-order valence-corrected chi connectivity index (χ1v) is 5.59. The Bertz CT molecular complexity index is 573. The highest BCUT2D eigenvalue weighted by molar-refractivity contribution is 5.37. The summed E-state index contributed by atoms with van der Waals surface area (Å²) in [4.78, 5) is 18.2. The number of anilines is 2. The maximum atomic E-state index is 5.60. The van der Waals surface area contributed by atoms with Crippen LogP contribution in [0.1, 0.15) is 5.69 Å². The fraction of sp³-hybridized carbons (Fsp3) is 0.273. The number of aromatic nitrogens is 4. The fourth-order valence-corrected chi connectivity index (χ4v) is 1.33. The largest absolute Gasteiger partial charge is 0.422 e.